The molecule has 1 N–H and O–H groups in total. The topological polar surface area (TPSA) is 72.3 Å². The molecule has 0 spiro atoms. The zero-order valence-corrected chi connectivity index (χ0v) is 17.6. The summed E-state index contributed by atoms with van der Waals surface area (Å²) in [5.74, 6) is 0.987. The number of rotatable bonds is 3. The van der Waals surface area contributed by atoms with Crippen LogP contribution in [-0.4, -0.2) is 65.5 Å². The second-order valence-corrected chi connectivity index (χ2v) is 9.32. The normalized spacial score (nSPS) is 29.1. The number of nitrogens with one attached hydrogen (secondary N) is 1. The van der Waals surface area contributed by atoms with E-state index in [0.29, 0.717) is 30.1 Å². The van der Waals surface area contributed by atoms with Gasteiger partial charge in [0.2, 0.25) is 5.91 Å². The van der Waals surface area contributed by atoms with E-state index in [1.807, 2.05) is 12.1 Å². The maximum absolute atomic E-state index is 13.2. The highest BCUT2D eigenvalue weighted by Crippen LogP contribution is 2.35. The molecule has 2 bridgehead atoms. The number of carbonyl (C=O) groups excluding carboxylic acids is 1. The lowest BCUT2D eigenvalue weighted by molar-refractivity contribution is -0.136. The average Bonchev–Trinajstić information content (AvgIpc) is 2.78. The number of carbonyl (C=O) groups is 1. The molecule has 4 aliphatic rings. The summed E-state index contributed by atoms with van der Waals surface area (Å²) in [6, 6.07) is 11.3. The molecule has 6 heteroatoms. The van der Waals surface area contributed by atoms with E-state index in [9.17, 15) is 10.1 Å². The first-order valence-electron chi connectivity index (χ1n) is 11.2. The summed E-state index contributed by atoms with van der Waals surface area (Å²) >= 11 is 0. The molecule has 0 aliphatic carbocycles. The van der Waals surface area contributed by atoms with Gasteiger partial charge in [0.15, 0.2) is 0 Å². The first-order valence-corrected chi connectivity index (χ1v) is 11.2. The molecular formula is C24H29N5O. The van der Waals surface area contributed by atoms with Crippen molar-refractivity contribution in [2.75, 3.05) is 32.7 Å². The number of hydrogen-bond acceptors (Lipinski definition) is 5. The number of nitrogens with zero attached hydrogens (tertiary/aromatic N) is 4. The highest BCUT2D eigenvalue weighted by Gasteiger charge is 2.36. The molecule has 2 aromatic rings. The van der Waals surface area contributed by atoms with Crippen LogP contribution in [0.4, 0.5) is 0 Å². The minimum Gasteiger partial charge on any atom is -0.341 e. The van der Waals surface area contributed by atoms with Gasteiger partial charge in [-0.3, -0.25) is 14.7 Å². The van der Waals surface area contributed by atoms with E-state index in [-0.39, 0.29) is 11.8 Å². The molecule has 1 amide bonds. The van der Waals surface area contributed by atoms with Gasteiger partial charge in [0.05, 0.1) is 17.6 Å². The third-order valence-electron chi connectivity index (χ3n) is 7.18. The van der Waals surface area contributed by atoms with E-state index in [4.69, 9.17) is 0 Å². The van der Waals surface area contributed by atoms with Gasteiger partial charge < -0.3 is 10.2 Å². The summed E-state index contributed by atoms with van der Waals surface area (Å²) in [6.45, 7) is 6.37. The molecule has 30 heavy (non-hydrogen) atoms. The van der Waals surface area contributed by atoms with Crippen LogP contribution in [-0.2, 0) is 4.79 Å². The summed E-state index contributed by atoms with van der Waals surface area (Å²) in [6.07, 6.45) is 5.23. The van der Waals surface area contributed by atoms with Gasteiger partial charge >= 0.3 is 0 Å². The molecule has 0 radical (unpaired) electrons. The Morgan fingerprint density at radius 1 is 1.27 bits per heavy atom. The summed E-state index contributed by atoms with van der Waals surface area (Å²) in [5, 5.41) is 14.1. The molecule has 6 nitrogen and oxygen atoms in total. The van der Waals surface area contributed by atoms with Crippen molar-refractivity contribution in [3.63, 3.8) is 0 Å². The first kappa shape index (κ1) is 19.5. The Bertz CT molecular complexity index is 991. The number of hydrogen-bond donors (Lipinski definition) is 1. The van der Waals surface area contributed by atoms with E-state index < -0.39 is 0 Å². The molecule has 6 rings (SSSR count). The highest BCUT2D eigenvalue weighted by atomic mass is 16.2. The Morgan fingerprint density at radius 2 is 2.17 bits per heavy atom. The van der Waals surface area contributed by atoms with Crippen LogP contribution >= 0.6 is 0 Å². The Morgan fingerprint density at radius 3 is 2.90 bits per heavy atom. The first-order chi connectivity index (χ1) is 14.6. The van der Waals surface area contributed by atoms with Crippen LogP contribution in [0.5, 0.6) is 0 Å². The minimum absolute atomic E-state index is 0.259. The standard InChI is InChI=1S/C24H29N5O/c1-16-9-18(21-7-4-17(10-25)24-22(21)3-2-8-26-24)13-29(12-16)23(30)15-28-14-19-5-6-20(28)11-27-19/h2-4,7-8,16,18-20,27H,5-6,9,11-15H2,1H3/t16-,18+,19?,20?/m1/s1. The predicted molar refractivity (Wildman–Crippen MR) is 116 cm³/mol. The van der Waals surface area contributed by atoms with Gasteiger partial charge in [-0.1, -0.05) is 19.1 Å². The van der Waals surface area contributed by atoms with Crippen LogP contribution in [0.15, 0.2) is 30.5 Å². The van der Waals surface area contributed by atoms with Gasteiger partial charge in [0.1, 0.15) is 6.07 Å². The molecule has 0 saturated carbocycles. The Labute approximate surface area is 177 Å². The Kier molecular flexibility index (Phi) is 5.18. The van der Waals surface area contributed by atoms with Crippen LogP contribution in [0.2, 0.25) is 0 Å². The van der Waals surface area contributed by atoms with Crippen molar-refractivity contribution in [3.8, 4) is 6.07 Å². The summed E-state index contributed by atoms with van der Waals surface area (Å²) in [7, 11) is 0. The molecule has 4 fully saturated rings. The number of piperazine rings is 1. The van der Waals surface area contributed by atoms with Gasteiger partial charge in [0.25, 0.3) is 0 Å². The van der Waals surface area contributed by atoms with Crippen LogP contribution in [0, 0.1) is 17.2 Å². The average molecular weight is 404 g/mol. The van der Waals surface area contributed by atoms with E-state index in [1.165, 1.54) is 18.4 Å². The van der Waals surface area contributed by atoms with E-state index in [0.717, 1.165) is 43.5 Å². The van der Waals surface area contributed by atoms with Crippen molar-refractivity contribution >= 4 is 16.8 Å². The van der Waals surface area contributed by atoms with E-state index >= 15 is 0 Å². The molecule has 1 aromatic heterocycles. The lowest BCUT2D eigenvalue weighted by atomic mass is 9.83. The fourth-order valence-electron chi connectivity index (χ4n) is 5.69. The number of fused-ring (bicyclic) bond motifs is 4. The quantitative estimate of drug-likeness (QED) is 0.853. The molecule has 4 saturated heterocycles. The van der Waals surface area contributed by atoms with E-state index in [2.05, 4.69) is 45.2 Å². The number of amides is 1. The molecule has 156 valence electrons. The van der Waals surface area contributed by atoms with Crippen LogP contribution in [0.25, 0.3) is 10.9 Å². The molecule has 2 unspecified atom stereocenters. The lowest BCUT2D eigenvalue weighted by Crippen LogP contribution is -2.62. The van der Waals surface area contributed by atoms with Crippen molar-refractivity contribution in [1.29, 1.82) is 5.26 Å². The third-order valence-corrected chi connectivity index (χ3v) is 7.18. The Hall–Kier alpha value is -2.49. The van der Waals surface area contributed by atoms with Gasteiger partial charge in [-0.15, -0.1) is 0 Å². The zero-order chi connectivity index (χ0) is 20.7. The maximum Gasteiger partial charge on any atom is 0.236 e. The second-order valence-electron chi connectivity index (χ2n) is 9.32. The van der Waals surface area contributed by atoms with Crippen molar-refractivity contribution in [2.45, 2.75) is 44.2 Å². The maximum atomic E-state index is 13.2. The van der Waals surface area contributed by atoms with Crippen LogP contribution < -0.4 is 5.32 Å². The third kappa shape index (κ3) is 3.57. The zero-order valence-electron chi connectivity index (χ0n) is 17.6. The second kappa shape index (κ2) is 7.98. The summed E-state index contributed by atoms with van der Waals surface area (Å²) in [5.41, 5.74) is 2.59. The van der Waals surface area contributed by atoms with Gasteiger partial charge in [-0.2, -0.15) is 5.26 Å². The molecule has 4 atom stereocenters. The predicted octanol–water partition coefficient (Wildman–Crippen LogP) is 2.49. The van der Waals surface area contributed by atoms with E-state index in [1.54, 1.807) is 6.20 Å². The molecular weight excluding hydrogens is 374 g/mol. The molecule has 5 heterocycles. The van der Waals surface area contributed by atoms with Crippen LogP contribution in [0.1, 0.15) is 43.2 Å². The fourth-order valence-corrected chi connectivity index (χ4v) is 5.69. The van der Waals surface area contributed by atoms with Gasteiger partial charge in [-0.05, 0) is 42.9 Å². The van der Waals surface area contributed by atoms with Gasteiger partial charge in [0, 0.05) is 55.8 Å². The largest absolute Gasteiger partial charge is 0.341 e. The molecule has 4 aliphatic heterocycles. The number of aromatic nitrogens is 1. The summed E-state index contributed by atoms with van der Waals surface area (Å²) in [4.78, 5) is 22.2. The fraction of sp³-hybridized carbons (Fsp3) is 0.542. The van der Waals surface area contributed by atoms with Gasteiger partial charge in [-0.25, -0.2) is 0 Å². The number of nitriles is 1. The van der Waals surface area contributed by atoms with Crippen molar-refractivity contribution in [1.82, 2.24) is 20.1 Å². The van der Waals surface area contributed by atoms with Crippen molar-refractivity contribution in [2.24, 2.45) is 5.92 Å². The Balaban J connectivity index is 1.36. The lowest BCUT2D eigenvalue weighted by Gasteiger charge is -2.46. The minimum atomic E-state index is 0.259. The number of benzene rings is 1. The highest BCUT2D eigenvalue weighted by molar-refractivity contribution is 5.87. The summed E-state index contributed by atoms with van der Waals surface area (Å²) < 4.78 is 0. The monoisotopic (exact) mass is 403 g/mol. The SMILES string of the molecule is C[C@@H]1C[C@H](c2ccc(C#N)c3ncccc23)CN(C(=O)CN2CC3CCC2CN3)C1. The van der Waals surface area contributed by atoms with Crippen molar-refractivity contribution < 1.29 is 4.79 Å². The number of pyridine rings is 1. The smallest absolute Gasteiger partial charge is 0.236 e. The molecule has 1 aromatic carbocycles. The number of likely N-dealkylation sites (tertiary alicyclic amines) is 1. The van der Waals surface area contributed by atoms with Crippen molar-refractivity contribution in [3.05, 3.63) is 41.6 Å². The number of piperidine rings is 3. The van der Waals surface area contributed by atoms with Crippen LogP contribution in [0.3, 0.4) is 0 Å².